The second-order valence-corrected chi connectivity index (χ2v) is 3.71. The molecule has 100 valence electrons. The highest BCUT2D eigenvalue weighted by Gasteiger charge is 2.09. The number of carbonyl (C=O) groups excluding carboxylic acids is 1. The third-order valence-corrected chi connectivity index (χ3v) is 2.54. The summed E-state index contributed by atoms with van der Waals surface area (Å²) in [6.45, 7) is 4.47. The molecule has 0 aliphatic carbocycles. The van der Waals surface area contributed by atoms with Gasteiger partial charge in [0.1, 0.15) is 0 Å². The predicted molar refractivity (Wildman–Crippen MR) is 68.1 cm³/mol. The topological polar surface area (TPSA) is 56.8 Å². The minimum Gasteiger partial charge on any atom is -0.493 e. The Labute approximate surface area is 107 Å². The molecule has 0 saturated heterocycles. The lowest BCUT2D eigenvalue weighted by molar-refractivity contribution is 0.151. The molecule has 1 aromatic carbocycles. The maximum atomic E-state index is 11.2. The largest absolute Gasteiger partial charge is 0.493 e. The molecule has 0 fully saturated rings. The van der Waals surface area contributed by atoms with E-state index in [1.165, 1.54) is 0 Å². The van der Waals surface area contributed by atoms with Crippen molar-refractivity contribution in [2.45, 2.75) is 20.4 Å². The summed E-state index contributed by atoms with van der Waals surface area (Å²) in [6, 6.07) is 3.72. The Morgan fingerprint density at radius 2 is 1.83 bits per heavy atom. The molecule has 0 aliphatic heterocycles. The zero-order chi connectivity index (χ0) is 13.5. The van der Waals surface area contributed by atoms with Crippen LogP contribution in [0.15, 0.2) is 12.1 Å². The van der Waals surface area contributed by atoms with Gasteiger partial charge in [-0.2, -0.15) is 0 Å². The van der Waals surface area contributed by atoms with E-state index in [4.69, 9.17) is 14.2 Å². The summed E-state index contributed by atoms with van der Waals surface area (Å²) in [5.41, 5.74) is 1.98. The van der Waals surface area contributed by atoms with Crippen molar-refractivity contribution in [2.75, 3.05) is 20.8 Å². The van der Waals surface area contributed by atoms with Crippen molar-refractivity contribution in [3.63, 3.8) is 0 Å². The number of benzene rings is 1. The van der Waals surface area contributed by atoms with Crippen molar-refractivity contribution in [1.82, 2.24) is 5.32 Å². The number of nitrogens with one attached hydrogen (secondary N) is 1. The Kier molecular flexibility index (Phi) is 5.30. The number of rotatable bonds is 5. The van der Waals surface area contributed by atoms with E-state index in [1.54, 1.807) is 21.1 Å². The van der Waals surface area contributed by atoms with Gasteiger partial charge in [0.2, 0.25) is 0 Å². The lowest BCUT2D eigenvalue weighted by Gasteiger charge is -2.13. The molecule has 0 radical (unpaired) electrons. The lowest BCUT2D eigenvalue weighted by Crippen LogP contribution is -2.24. The summed E-state index contributed by atoms with van der Waals surface area (Å²) >= 11 is 0. The molecule has 0 saturated carbocycles. The highest BCUT2D eigenvalue weighted by Crippen LogP contribution is 2.30. The smallest absolute Gasteiger partial charge is 0.407 e. The van der Waals surface area contributed by atoms with E-state index in [9.17, 15) is 4.79 Å². The number of ether oxygens (including phenoxy) is 3. The predicted octanol–water partition coefficient (Wildman–Crippen LogP) is 2.26. The standard InChI is InChI=1S/C13H19NO4/c1-5-18-13(15)14-8-10-7-12(17-4)11(16-3)6-9(10)2/h6-7H,5,8H2,1-4H3,(H,14,15). The monoisotopic (exact) mass is 253 g/mol. The summed E-state index contributed by atoms with van der Waals surface area (Å²) in [4.78, 5) is 11.2. The Bertz CT molecular complexity index is 418. The van der Waals surface area contributed by atoms with Crippen molar-refractivity contribution in [3.8, 4) is 11.5 Å². The molecular formula is C13H19NO4. The van der Waals surface area contributed by atoms with Gasteiger partial charge >= 0.3 is 6.09 Å². The molecule has 0 unspecified atom stereocenters. The quantitative estimate of drug-likeness (QED) is 0.874. The molecule has 1 rings (SSSR count). The van der Waals surface area contributed by atoms with E-state index in [-0.39, 0.29) is 0 Å². The summed E-state index contributed by atoms with van der Waals surface area (Å²) in [5.74, 6) is 1.32. The van der Waals surface area contributed by atoms with Crippen LogP contribution in [0, 0.1) is 6.92 Å². The molecule has 5 nitrogen and oxygen atoms in total. The number of hydrogen-bond acceptors (Lipinski definition) is 4. The Balaban J connectivity index is 2.79. The molecule has 18 heavy (non-hydrogen) atoms. The van der Waals surface area contributed by atoms with Crippen LogP contribution >= 0.6 is 0 Å². The van der Waals surface area contributed by atoms with Crippen LogP contribution in [0.4, 0.5) is 4.79 Å². The minimum atomic E-state index is -0.424. The van der Waals surface area contributed by atoms with Gasteiger partial charge in [-0.15, -0.1) is 0 Å². The van der Waals surface area contributed by atoms with Gasteiger partial charge < -0.3 is 19.5 Å². The summed E-state index contributed by atoms with van der Waals surface area (Å²) in [7, 11) is 3.17. The molecule has 0 atom stereocenters. The van der Waals surface area contributed by atoms with Crippen LogP contribution in [-0.4, -0.2) is 26.9 Å². The highest BCUT2D eigenvalue weighted by molar-refractivity contribution is 5.67. The Hall–Kier alpha value is -1.91. The van der Waals surface area contributed by atoms with E-state index in [0.29, 0.717) is 24.7 Å². The first-order chi connectivity index (χ1) is 8.62. The van der Waals surface area contributed by atoms with Gasteiger partial charge in [-0.05, 0) is 37.1 Å². The van der Waals surface area contributed by atoms with E-state index in [1.807, 2.05) is 19.1 Å². The Morgan fingerprint density at radius 1 is 1.22 bits per heavy atom. The van der Waals surface area contributed by atoms with Crippen LogP contribution in [0.5, 0.6) is 11.5 Å². The van der Waals surface area contributed by atoms with E-state index >= 15 is 0 Å². The van der Waals surface area contributed by atoms with Gasteiger partial charge in [-0.1, -0.05) is 0 Å². The molecule has 0 bridgehead atoms. The molecule has 5 heteroatoms. The summed E-state index contributed by atoms with van der Waals surface area (Å²) in [5, 5.41) is 2.67. The van der Waals surface area contributed by atoms with Crippen molar-refractivity contribution in [3.05, 3.63) is 23.3 Å². The molecule has 0 heterocycles. The summed E-state index contributed by atoms with van der Waals surface area (Å²) in [6.07, 6.45) is -0.424. The minimum absolute atomic E-state index is 0.358. The normalized spacial score (nSPS) is 9.78. The van der Waals surface area contributed by atoms with Gasteiger partial charge in [0.05, 0.1) is 20.8 Å². The molecule has 1 amide bonds. The number of methoxy groups -OCH3 is 2. The molecule has 1 N–H and O–H groups in total. The van der Waals surface area contributed by atoms with Gasteiger partial charge in [-0.3, -0.25) is 0 Å². The molecule has 0 spiro atoms. The van der Waals surface area contributed by atoms with Crippen LogP contribution in [0.25, 0.3) is 0 Å². The average molecular weight is 253 g/mol. The zero-order valence-corrected chi connectivity index (χ0v) is 11.2. The van der Waals surface area contributed by atoms with Crippen LogP contribution < -0.4 is 14.8 Å². The maximum absolute atomic E-state index is 11.2. The van der Waals surface area contributed by atoms with Crippen molar-refractivity contribution in [2.24, 2.45) is 0 Å². The first kappa shape index (κ1) is 14.2. The first-order valence-corrected chi connectivity index (χ1v) is 5.74. The highest BCUT2D eigenvalue weighted by atomic mass is 16.5. The van der Waals surface area contributed by atoms with E-state index in [2.05, 4.69) is 5.32 Å². The van der Waals surface area contributed by atoms with Gasteiger partial charge in [0.15, 0.2) is 11.5 Å². The van der Waals surface area contributed by atoms with Crippen LogP contribution in [-0.2, 0) is 11.3 Å². The fraction of sp³-hybridized carbons (Fsp3) is 0.462. The van der Waals surface area contributed by atoms with Crippen LogP contribution in [0.1, 0.15) is 18.1 Å². The fourth-order valence-electron chi connectivity index (χ4n) is 1.56. The lowest BCUT2D eigenvalue weighted by atomic mass is 10.1. The summed E-state index contributed by atoms with van der Waals surface area (Å²) < 4.78 is 15.2. The third-order valence-electron chi connectivity index (χ3n) is 2.54. The van der Waals surface area contributed by atoms with Crippen LogP contribution in [0.3, 0.4) is 0 Å². The third kappa shape index (κ3) is 3.55. The Morgan fingerprint density at radius 3 is 2.39 bits per heavy atom. The number of carbonyl (C=O) groups is 1. The molecular weight excluding hydrogens is 234 g/mol. The fourth-order valence-corrected chi connectivity index (χ4v) is 1.56. The van der Waals surface area contributed by atoms with Crippen LogP contribution in [0.2, 0.25) is 0 Å². The number of hydrogen-bond donors (Lipinski definition) is 1. The number of alkyl carbamates (subject to hydrolysis) is 1. The van der Waals surface area contributed by atoms with Gasteiger partial charge in [-0.25, -0.2) is 4.79 Å². The SMILES string of the molecule is CCOC(=O)NCc1cc(OC)c(OC)cc1C. The number of aryl methyl sites for hydroxylation is 1. The second kappa shape index (κ2) is 6.74. The van der Waals surface area contributed by atoms with E-state index < -0.39 is 6.09 Å². The van der Waals surface area contributed by atoms with Crippen molar-refractivity contribution in [1.29, 1.82) is 0 Å². The zero-order valence-electron chi connectivity index (χ0n) is 11.2. The van der Waals surface area contributed by atoms with Gasteiger partial charge in [0.25, 0.3) is 0 Å². The second-order valence-electron chi connectivity index (χ2n) is 3.71. The molecule has 0 aliphatic rings. The average Bonchev–Trinajstić information content (AvgIpc) is 2.37. The first-order valence-electron chi connectivity index (χ1n) is 5.74. The maximum Gasteiger partial charge on any atom is 0.407 e. The van der Waals surface area contributed by atoms with Crippen molar-refractivity contribution < 1.29 is 19.0 Å². The van der Waals surface area contributed by atoms with Gasteiger partial charge in [0, 0.05) is 6.54 Å². The molecule has 1 aromatic rings. The molecule has 0 aromatic heterocycles. The van der Waals surface area contributed by atoms with Crippen molar-refractivity contribution >= 4 is 6.09 Å². The number of amides is 1. The van der Waals surface area contributed by atoms with E-state index in [0.717, 1.165) is 11.1 Å².